The second kappa shape index (κ2) is 9.86. The molecule has 1 aromatic rings. The molecule has 172 valence electrons. The van der Waals surface area contributed by atoms with Crippen molar-refractivity contribution >= 4 is 29.0 Å². The molecule has 1 atom stereocenters. The van der Waals surface area contributed by atoms with Crippen LogP contribution >= 0.6 is 0 Å². The highest BCUT2D eigenvalue weighted by atomic mass is 16.3. The zero-order valence-electron chi connectivity index (χ0n) is 18.8. The Balaban J connectivity index is 1.71. The van der Waals surface area contributed by atoms with Crippen LogP contribution in [0.15, 0.2) is 30.0 Å². The maximum atomic E-state index is 13.7. The lowest BCUT2D eigenvalue weighted by Gasteiger charge is -2.34. The van der Waals surface area contributed by atoms with E-state index >= 15 is 0 Å². The molecule has 0 aromatic heterocycles. The summed E-state index contributed by atoms with van der Waals surface area (Å²) in [5.41, 5.74) is 2.27. The van der Waals surface area contributed by atoms with Crippen molar-refractivity contribution in [1.29, 1.82) is 0 Å². The minimum atomic E-state index is -0.213. The number of benzene rings is 1. The summed E-state index contributed by atoms with van der Waals surface area (Å²) in [6, 6.07) is 7.08. The molecule has 7 heteroatoms. The number of aliphatic hydroxyl groups excluding tert-OH is 1. The van der Waals surface area contributed by atoms with Gasteiger partial charge in [0.05, 0.1) is 5.57 Å². The van der Waals surface area contributed by atoms with Crippen LogP contribution in [0.2, 0.25) is 0 Å². The first-order valence-electron chi connectivity index (χ1n) is 11.9. The lowest BCUT2D eigenvalue weighted by atomic mass is 9.97. The Morgan fingerprint density at radius 1 is 1.00 bits per heavy atom. The monoisotopic (exact) mass is 439 g/mol. The van der Waals surface area contributed by atoms with Crippen molar-refractivity contribution in [2.45, 2.75) is 64.3 Å². The van der Waals surface area contributed by atoms with Crippen LogP contribution in [-0.2, 0) is 14.4 Å². The molecular formula is C25H33N3O4. The van der Waals surface area contributed by atoms with E-state index in [1.54, 1.807) is 24.3 Å². The average molecular weight is 440 g/mol. The maximum absolute atomic E-state index is 13.7. The Bertz CT molecular complexity index is 900. The van der Waals surface area contributed by atoms with E-state index in [4.69, 9.17) is 0 Å². The van der Waals surface area contributed by atoms with Crippen molar-refractivity contribution in [3.63, 3.8) is 0 Å². The summed E-state index contributed by atoms with van der Waals surface area (Å²) < 4.78 is 0. The van der Waals surface area contributed by atoms with Crippen LogP contribution in [0, 0.1) is 5.92 Å². The quantitative estimate of drug-likeness (QED) is 0.543. The Morgan fingerprint density at radius 3 is 2.31 bits per heavy atom. The van der Waals surface area contributed by atoms with E-state index in [1.165, 1.54) is 11.8 Å². The molecule has 0 spiro atoms. The summed E-state index contributed by atoms with van der Waals surface area (Å²) in [7, 11) is 0. The van der Waals surface area contributed by atoms with Crippen LogP contribution in [0.5, 0.6) is 0 Å². The van der Waals surface area contributed by atoms with Gasteiger partial charge in [-0.25, -0.2) is 0 Å². The van der Waals surface area contributed by atoms with Crippen molar-refractivity contribution in [2.75, 3.05) is 25.0 Å². The number of imide groups is 1. The molecule has 4 rings (SSSR count). The van der Waals surface area contributed by atoms with Crippen LogP contribution in [0.3, 0.4) is 0 Å². The van der Waals surface area contributed by atoms with Gasteiger partial charge < -0.3 is 15.3 Å². The summed E-state index contributed by atoms with van der Waals surface area (Å²) in [6.07, 6.45) is 7.90. The van der Waals surface area contributed by atoms with Gasteiger partial charge in [0, 0.05) is 38.3 Å². The first kappa shape index (κ1) is 22.5. The third kappa shape index (κ3) is 4.58. The fourth-order valence-electron chi connectivity index (χ4n) is 5.28. The normalized spacial score (nSPS) is 23.0. The molecule has 0 radical (unpaired) electrons. The average Bonchev–Trinajstić information content (AvgIpc) is 2.94. The van der Waals surface area contributed by atoms with E-state index < -0.39 is 0 Å². The highest BCUT2D eigenvalue weighted by Gasteiger charge is 2.45. The van der Waals surface area contributed by atoms with Crippen molar-refractivity contribution < 1.29 is 19.5 Å². The maximum Gasteiger partial charge on any atom is 0.278 e. The minimum absolute atomic E-state index is 0.0536. The molecule has 32 heavy (non-hydrogen) atoms. The number of hydrogen-bond acceptors (Lipinski definition) is 5. The first-order chi connectivity index (χ1) is 15.5. The molecule has 0 bridgehead atoms. The topological polar surface area (TPSA) is 90.0 Å². The number of nitrogens with zero attached hydrogens (tertiary/aromatic N) is 2. The Kier molecular flexibility index (Phi) is 6.94. The fourth-order valence-corrected chi connectivity index (χ4v) is 5.28. The molecule has 1 unspecified atom stereocenters. The molecule has 1 saturated carbocycles. The second-order valence-corrected chi connectivity index (χ2v) is 9.24. The standard InChI is InChI=1S/C25H33N3O4/c1-17(30)26-20-12-10-19(11-13-20)22-23(27-14-6-7-18(15-27)16-29)25(32)28(24(22)31)21-8-4-2-3-5-9-21/h10-13,18,21,29H,2-9,14-16H2,1H3,(H,26,30). The van der Waals surface area contributed by atoms with Gasteiger partial charge in [0.15, 0.2) is 0 Å². The molecule has 1 aromatic carbocycles. The third-order valence-electron chi connectivity index (χ3n) is 6.87. The zero-order chi connectivity index (χ0) is 22.7. The molecule has 1 saturated heterocycles. The number of amides is 3. The van der Waals surface area contributed by atoms with Gasteiger partial charge in [0.1, 0.15) is 5.70 Å². The van der Waals surface area contributed by atoms with Gasteiger partial charge in [-0.15, -0.1) is 0 Å². The summed E-state index contributed by atoms with van der Waals surface area (Å²) in [5.74, 6) is -0.459. The molecule has 2 aliphatic heterocycles. The predicted octanol–water partition coefficient (Wildman–Crippen LogP) is 3.15. The van der Waals surface area contributed by atoms with Gasteiger partial charge in [-0.3, -0.25) is 19.3 Å². The van der Waals surface area contributed by atoms with Gasteiger partial charge in [-0.05, 0) is 49.3 Å². The highest BCUT2D eigenvalue weighted by molar-refractivity contribution is 6.35. The number of carbonyl (C=O) groups excluding carboxylic acids is 3. The van der Waals surface area contributed by atoms with E-state index in [-0.39, 0.29) is 36.3 Å². The summed E-state index contributed by atoms with van der Waals surface area (Å²) in [6.45, 7) is 2.82. The number of piperidine rings is 1. The van der Waals surface area contributed by atoms with E-state index in [2.05, 4.69) is 5.32 Å². The van der Waals surface area contributed by atoms with Gasteiger partial charge in [0.2, 0.25) is 5.91 Å². The molecule has 3 aliphatic rings. The van der Waals surface area contributed by atoms with Crippen molar-refractivity contribution in [2.24, 2.45) is 5.92 Å². The number of nitrogens with one attached hydrogen (secondary N) is 1. The van der Waals surface area contributed by atoms with Gasteiger partial charge in [-0.1, -0.05) is 37.8 Å². The van der Waals surface area contributed by atoms with E-state index in [0.717, 1.165) is 51.4 Å². The fraction of sp³-hybridized carbons (Fsp3) is 0.560. The van der Waals surface area contributed by atoms with Crippen LogP contribution in [-0.4, -0.2) is 58.4 Å². The van der Waals surface area contributed by atoms with Gasteiger partial charge >= 0.3 is 0 Å². The van der Waals surface area contributed by atoms with Crippen LogP contribution < -0.4 is 5.32 Å². The lowest BCUT2D eigenvalue weighted by molar-refractivity contribution is -0.140. The Morgan fingerprint density at radius 2 is 1.69 bits per heavy atom. The number of aliphatic hydroxyl groups is 1. The van der Waals surface area contributed by atoms with Gasteiger partial charge in [-0.2, -0.15) is 0 Å². The van der Waals surface area contributed by atoms with E-state index in [1.807, 2.05) is 4.90 Å². The summed E-state index contributed by atoms with van der Waals surface area (Å²) in [4.78, 5) is 42.3. The lowest BCUT2D eigenvalue weighted by Crippen LogP contribution is -2.44. The zero-order valence-corrected chi connectivity index (χ0v) is 18.8. The summed E-state index contributed by atoms with van der Waals surface area (Å²) in [5, 5.41) is 12.4. The molecule has 2 N–H and O–H groups in total. The van der Waals surface area contributed by atoms with Crippen LogP contribution in [0.4, 0.5) is 5.69 Å². The molecule has 2 heterocycles. The highest BCUT2D eigenvalue weighted by Crippen LogP contribution is 2.37. The minimum Gasteiger partial charge on any atom is -0.396 e. The number of likely N-dealkylation sites (tertiary alicyclic amines) is 1. The number of carbonyl (C=O) groups is 3. The van der Waals surface area contributed by atoms with Crippen molar-refractivity contribution in [3.8, 4) is 0 Å². The predicted molar refractivity (Wildman–Crippen MR) is 122 cm³/mol. The van der Waals surface area contributed by atoms with Crippen LogP contribution in [0.25, 0.3) is 5.57 Å². The van der Waals surface area contributed by atoms with E-state index in [9.17, 15) is 19.5 Å². The van der Waals surface area contributed by atoms with Gasteiger partial charge in [0.25, 0.3) is 11.8 Å². The number of rotatable bonds is 5. The molecular weight excluding hydrogens is 406 g/mol. The smallest absolute Gasteiger partial charge is 0.278 e. The van der Waals surface area contributed by atoms with Crippen molar-refractivity contribution in [1.82, 2.24) is 9.80 Å². The van der Waals surface area contributed by atoms with E-state index in [0.29, 0.717) is 35.6 Å². The second-order valence-electron chi connectivity index (χ2n) is 9.24. The molecule has 3 amide bonds. The number of anilines is 1. The van der Waals surface area contributed by atoms with Crippen molar-refractivity contribution in [3.05, 3.63) is 35.5 Å². The largest absolute Gasteiger partial charge is 0.396 e. The Labute approximate surface area is 189 Å². The Hall–Kier alpha value is -2.67. The summed E-state index contributed by atoms with van der Waals surface area (Å²) >= 11 is 0. The molecule has 7 nitrogen and oxygen atoms in total. The van der Waals surface area contributed by atoms with Crippen LogP contribution in [0.1, 0.15) is 63.9 Å². The number of hydrogen-bond donors (Lipinski definition) is 2. The molecule has 2 fully saturated rings. The first-order valence-corrected chi connectivity index (χ1v) is 11.9. The molecule has 1 aliphatic carbocycles. The SMILES string of the molecule is CC(=O)Nc1ccc(C2=C(N3CCCC(CO)C3)C(=O)N(C3CCCCCC3)C2=O)cc1. The third-order valence-corrected chi connectivity index (χ3v) is 6.87.